The van der Waals surface area contributed by atoms with Crippen molar-refractivity contribution >= 4 is 15.8 Å². The molecule has 104 valence electrons. The van der Waals surface area contributed by atoms with Gasteiger partial charge in [0.25, 0.3) is 0 Å². The molecule has 18 heavy (non-hydrogen) atoms. The van der Waals surface area contributed by atoms with Gasteiger partial charge in [-0.15, -0.1) is 0 Å². The van der Waals surface area contributed by atoms with Crippen molar-refractivity contribution in [2.75, 3.05) is 18.9 Å². The first-order valence-corrected chi connectivity index (χ1v) is 7.24. The molecular formula is C10H20N4O3S. The summed E-state index contributed by atoms with van der Waals surface area (Å²) in [7, 11) is -3.72. The molecule has 0 atom stereocenters. The summed E-state index contributed by atoms with van der Waals surface area (Å²) >= 11 is 0. The Balaban J connectivity index is 3.21. The van der Waals surface area contributed by atoms with Crippen molar-refractivity contribution in [3.8, 4) is 0 Å². The second kappa shape index (κ2) is 5.68. The van der Waals surface area contributed by atoms with Crippen LogP contribution in [0.1, 0.15) is 20.8 Å². The Labute approximate surface area is 107 Å². The third kappa shape index (κ3) is 2.82. The van der Waals surface area contributed by atoms with Crippen molar-refractivity contribution in [3.05, 3.63) is 6.20 Å². The average molecular weight is 276 g/mol. The quantitative estimate of drug-likeness (QED) is 0.754. The number of nitrogens with zero attached hydrogens (tertiary/aromatic N) is 3. The number of nitrogens with two attached hydrogens (primary N) is 1. The van der Waals surface area contributed by atoms with Gasteiger partial charge in [0.05, 0.1) is 6.61 Å². The lowest BCUT2D eigenvalue weighted by Crippen LogP contribution is -2.39. The highest BCUT2D eigenvalue weighted by Crippen LogP contribution is 2.22. The number of aromatic nitrogens is 2. The lowest BCUT2D eigenvalue weighted by atomic mass is 10.4. The molecule has 0 radical (unpaired) electrons. The van der Waals surface area contributed by atoms with Crippen molar-refractivity contribution in [3.63, 3.8) is 0 Å². The van der Waals surface area contributed by atoms with Crippen LogP contribution < -0.4 is 5.73 Å². The molecule has 0 saturated heterocycles. The van der Waals surface area contributed by atoms with Gasteiger partial charge in [-0.1, -0.05) is 0 Å². The van der Waals surface area contributed by atoms with Gasteiger partial charge in [0, 0.05) is 25.3 Å². The molecule has 7 nitrogen and oxygen atoms in total. The fraction of sp³-hybridized carbons (Fsp3) is 0.700. The topological polar surface area (TPSA) is 101 Å². The Morgan fingerprint density at radius 3 is 2.56 bits per heavy atom. The third-order valence-electron chi connectivity index (χ3n) is 2.56. The largest absolute Gasteiger partial charge is 0.395 e. The highest BCUT2D eigenvalue weighted by Gasteiger charge is 2.30. The number of aryl methyl sites for hydroxylation is 1. The van der Waals surface area contributed by atoms with Crippen LogP contribution in [0.15, 0.2) is 11.1 Å². The summed E-state index contributed by atoms with van der Waals surface area (Å²) in [6.45, 7) is 5.68. The zero-order valence-corrected chi connectivity index (χ0v) is 11.7. The minimum absolute atomic E-state index is 0.00787. The molecule has 0 spiro atoms. The Morgan fingerprint density at radius 1 is 1.56 bits per heavy atom. The second-order valence-corrected chi connectivity index (χ2v) is 6.03. The normalized spacial score (nSPS) is 12.6. The molecule has 0 amide bonds. The predicted octanol–water partition coefficient (Wildman–Crippen LogP) is -0.123. The predicted molar refractivity (Wildman–Crippen MR) is 68.4 cm³/mol. The Kier molecular flexibility index (Phi) is 4.71. The molecule has 0 fully saturated rings. The number of aliphatic hydroxyl groups excluding tert-OH is 1. The van der Waals surface area contributed by atoms with E-state index in [1.165, 1.54) is 15.2 Å². The fourth-order valence-electron chi connectivity index (χ4n) is 1.66. The summed E-state index contributed by atoms with van der Waals surface area (Å²) in [5.41, 5.74) is 5.64. The minimum Gasteiger partial charge on any atom is -0.395 e. The van der Waals surface area contributed by atoms with Gasteiger partial charge < -0.3 is 10.8 Å². The van der Waals surface area contributed by atoms with Crippen molar-refractivity contribution in [2.24, 2.45) is 0 Å². The standard InChI is InChI=1S/C10H20N4O3S/c1-4-13-7-9(10(11)12-13)18(16,17)14(5-6-15)8(2)3/h7-8,15H,4-6H2,1-3H3,(H2,11,12). The van der Waals surface area contributed by atoms with E-state index in [0.29, 0.717) is 6.54 Å². The highest BCUT2D eigenvalue weighted by atomic mass is 32.2. The Bertz CT molecular complexity index is 495. The SMILES string of the molecule is CCn1cc(S(=O)(=O)N(CCO)C(C)C)c(N)n1. The van der Waals surface area contributed by atoms with E-state index in [-0.39, 0.29) is 29.9 Å². The first-order valence-electron chi connectivity index (χ1n) is 5.80. The number of nitrogen functional groups attached to an aromatic ring is 1. The van der Waals surface area contributed by atoms with Gasteiger partial charge in [0.15, 0.2) is 5.82 Å². The van der Waals surface area contributed by atoms with Crippen LogP contribution >= 0.6 is 0 Å². The van der Waals surface area contributed by atoms with E-state index >= 15 is 0 Å². The monoisotopic (exact) mass is 276 g/mol. The molecule has 1 aromatic heterocycles. The first kappa shape index (κ1) is 14.9. The smallest absolute Gasteiger partial charge is 0.248 e. The van der Waals surface area contributed by atoms with Crippen molar-refractivity contribution in [2.45, 2.75) is 38.3 Å². The number of hydrogen-bond donors (Lipinski definition) is 2. The molecule has 0 unspecified atom stereocenters. The molecular weight excluding hydrogens is 256 g/mol. The van der Waals surface area contributed by atoms with Gasteiger partial charge in [-0.3, -0.25) is 4.68 Å². The minimum atomic E-state index is -3.72. The highest BCUT2D eigenvalue weighted by molar-refractivity contribution is 7.89. The van der Waals surface area contributed by atoms with E-state index in [9.17, 15) is 8.42 Å². The Morgan fingerprint density at radius 2 is 2.17 bits per heavy atom. The number of rotatable bonds is 6. The maximum atomic E-state index is 12.4. The molecule has 0 saturated carbocycles. The second-order valence-electron chi connectivity index (χ2n) is 4.17. The number of sulfonamides is 1. The van der Waals surface area contributed by atoms with Crippen LogP contribution in [0.3, 0.4) is 0 Å². The molecule has 1 rings (SSSR count). The van der Waals surface area contributed by atoms with E-state index < -0.39 is 10.0 Å². The van der Waals surface area contributed by atoms with Crippen LogP contribution in [0, 0.1) is 0 Å². The summed E-state index contributed by atoms with van der Waals surface area (Å²) in [6, 6.07) is -0.258. The van der Waals surface area contributed by atoms with Crippen LogP contribution in [-0.4, -0.2) is 46.8 Å². The van der Waals surface area contributed by atoms with Gasteiger partial charge in [0.1, 0.15) is 4.90 Å². The first-order chi connectivity index (χ1) is 8.34. The van der Waals surface area contributed by atoms with Gasteiger partial charge in [0.2, 0.25) is 10.0 Å². The van der Waals surface area contributed by atoms with E-state index in [1.807, 2.05) is 6.92 Å². The van der Waals surface area contributed by atoms with Crippen LogP contribution in [0.5, 0.6) is 0 Å². The van der Waals surface area contributed by atoms with Crippen LogP contribution in [-0.2, 0) is 16.6 Å². The molecule has 0 aliphatic carbocycles. The lowest BCUT2D eigenvalue weighted by molar-refractivity contribution is 0.236. The Hall–Kier alpha value is -1.12. The molecule has 0 aliphatic heterocycles. The molecule has 1 heterocycles. The summed E-state index contributed by atoms with van der Waals surface area (Å²) in [6.07, 6.45) is 1.41. The molecule has 8 heteroatoms. The number of anilines is 1. The van der Waals surface area contributed by atoms with Crippen molar-refractivity contribution in [1.82, 2.24) is 14.1 Å². The number of aliphatic hydroxyl groups is 1. The van der Waals surface area contributed by atoms with Crippen molar-refractivity contribution in [1.29, 1.82) is 0 Å². The van der Waals surface area contributed by atoms with Crippen LogP contribution in [0.4, 0.5) is 5.82 Å². The van der Waals surface area contributed by atoms with Crippen molar-refractivity contribution < 1.29 is 13.5 Å². The molecule has 0 aliphatic rings. The summed E-state index contributed by atoms with van der Waals surface area (Å²) in [4.78, 5) is -0.00787. The van der Waals surface area contributed by atoms with Crippen LogP contribution in [0.2, 0.25) is 0 Å². The zero-order valence-electron chi connectivity index (χ0n) is 10.9. The third-order valence-corrected chi connectivity index (χ3v) is 4.65. The van der Waals surface area contributed by atoms with E-state index in [2.05, 4.69) is 5.10 Å². The van der Waals surface area contributed by atoms with E-state index in [1.54, 1.807) is 13.8 Å². The average Bonchev–Trinajstić information content (AvgIpc) is 2.67. The van der Waals surface area contributed by atoms with Gasteiger partial charge in [-0.05, 0) is 20.8 Å². The maximum Gasteiger partial charge on any atom is 0.248 e. The summed E-state index contributed by atoms with van der Waals surface area (Å²) < 4.78 is 27.5. The van der Waals surface area contributed by atoms with Crippen LogP contribution in [0.25, 0.3) is 0 Å². The molecule has 3 N–H and O–H groups in total. The van der Waals surface area contributed by atoms with Gasteiger partial charge >= 0.3 is 0 Å². The lowest BCUT2D eigenvalue weighted by Gasteiger charge is -2.24. The van der Waals surface area contributed by atoms with Gasteiger partial charge in [-0.2, -0.15) is 9.40 Å². The maximum absolute atomic E-state index is 12.4. The van der Waals surface area contributed by atoms with E-state index in [4.69, 9.17) is 10.8 Å². The molecule has 1 aromatic rings. The fourth-order valence-corrected chi connectivity index (χ4v) is 3.35. The summed E-state index contributed by atoms with van der Waals surface area (Å²) in [5, 5.41) is 12.9. The zero-order chi connectivity index (χ0) is 13.9. The number of hydrogen-bond acceptors (Lipinski definition) is 5. The molecule has 0 bridgehead atoms. The van der Waals surface area contributed by atoms with E-state index in [0.717, 1.165) is 0 Å². The molecule has 0 aromatic carbocycles. The summed E-state index contributed by atoms with van der Waals surface area (Å²) in [5.74, 6) is -0.0135. The van der Waals surface area contributed by atoms with Gasteiger partial charge in [-0.25, -0.2) is 8.42 Å².